The van der Waals surface area contributed by atoms with Crippen molar-refractivity contribution in [3.05, 3.63) is 62.4 Å². The molecule has 0 radical (unpaired) electrons. The van der Waals surface area contributed by atoms with E-state index in [0.29, 0.717) is 0 Å². The van der Waals surface area contributed by atoms with Gasteiger partial charge in [0, 0.05) is 32.4 Å². The second-order valence-corrected chi connectivity index (χ2v) is 6.07. The van der Waals surface area contributed by atoms with Crippen molar-refractivity contribution in [1.29, 1.82) is 0 Å². The van der Waals surface area contributed by atoms with Crippen molar-refractivity contribution in [1.82, 2.24) is 10.3 Å². The van der Waals surface area contributed by atoms with Crippen LogP contribution < -0.4 is 5.32 Å². The number of nitrogens with one attached hydrogen (secondary N) is 1. The molecule has 1 heterocycles. The summed E-state index contributed by atoms with van der Waals surface area (Å²) in [5.41, 5.74) is 2.30. The normalized spacial score (nSPS) is 14.1. The van der Waals surface area contributed by atoms with Crippen LogP contribution in [-0.4, -0.2) is 12.0 Å². The summed E-state index contributed by atoms with van der Waals surface area (Å²) in [5, 5.41) is 4.15. The molecule has 0 fully saturated rings. The van der Waals surface area contributed by atoms with Gasteiger partial charge in [-0.15, -0.1) is 0 Å². The maximum absolute atomic E-state index is 6.12. The predicted octanol–water partition coefficient (Wildman–Crippen LogP) is 4.40. The Morgan fingerprint density at radius 1 is 1.26 bits per heavy atom. The zero-order chi connectivity index (χ0) is 13.8. The number of hydrogen-bond donors (Lipinski definition) is 1. The fourth-order valence-electron chi connectivity index (χ4n) is 2.24. The Morgan fingerprint density at radius 3 is 2.68 bits per heavy atom. The second kappa shape index (κ2) is 6.68. The molecule has 1 N–H and O–H groups in total. The lowest BCUT2D eigenvalue weighted by molar-refractivity contribution is 0.497. The summed E-state index contributed by atoms with van der Waals surface area (Å²) in [6.07, 6.45) is 1.83. The van der Waals surface area contributed by atoms with Gasteiger partial charge < -0.3 is 5.32 Å². The lowest BCUT2D eigenvalue weighted by Gasteiger charge is -2.25. The molecule has 2 unspecified atom stereocenters. The van der Waals surface area contributed by atoms with Crippen LogP contribution in [0.2, 0.25) is 5.02 Å². The highest BCUT2D eigenvalue weighted by atomic mass is 127. The number of aromatic nitrogens is 1. The van der Waals surface area contributed by atoms with Gasteiger partial charge in [-0.25, -0.2) is 0 Å². The fourth-order valence-corrected chi connectivity index (χ4v) is 3.10. The molecule has 0 spiro atoms. The lowest BCUT2D eigenvalue weighted by Crippen LogP contribution is -2.23. The van der Waals surface area contributed by atoms with Crippen molar-refractivity contribution < 1.29 is 0 Å². The van der Waals surface area contributed by atoms with Gasteiger partial charge in [0.2, 0.25) is 0 Å². The van der Waals surface area contributed by atoms with Crippen molar-refractivity contribution >= 4 is 34.2 Å². The molecule has 0 aliphatic carbocycles. The van der Waals surface area contributed by atoms with Crippen molar-refractivity contribution in [3.63, 3.8) is 0 Å². The van der Waals surface area contributed by atoms with Crippen LogP contribution in [0.4, 0.5) is 0 Å². The van der Waals surface area contributed by atoms with E-state index in [1.807, 2.05) is 43.6 Å². The van der Waals surface area contributed by atoms with Gasteiger partial charge in [0.15, 0.2) is 0 Å². The minimum atomic E-state index is 0.195. The topological polar surface area (TPSA) is 24.9 Å². The highest BCUT2D eigenvalue weighted by molar-refractivity contribution is 14.1. The number of benzene rings is 1. The molecule has 0 saturated carbocycles. The van der Waals surface area contributed by atoms with E-state index in [1.165, 1.54) is 9.13 Å². The molecular weight excluding hydrogens is 371 g/mol. The number of nitrogens with zero attached hydrogens (tertiary/aromatic N) is 1. The van der Waals surface area contributed by atoms with E-state index in [0.717, 1.165) is 10.7 Å². The number of rotatable bonds is 4. The van der Waals surface area contributed by atoms with Crippen LogP contribution in [-0.2, 0) is 0 Å². The Labute approximate surface area is 132 Å². The highest BCUT2D eigenvalue weighted by Gasteiger charge is 2.22. The molecule has 0 bridgehead atoms. The standard InChI is InChI=1S/C15H16ClIN2/c1-10(14-5-3-4-8-19-14)15(18-2)12-9-11(16)6-7-13(12)17/h3-10,15,18H,1-2H3. The molecule has 2 rings (SSSR count). The van der Waals surface area contributed by atoms with Gasteiger partial charge in [0.1, 0.15) is 0 Å². The monoisotopic (exact) mass is 386 g/mol. The Balaban J connectivity index is 2.37. The zero-order valence-electron chi connectivity index (χ0n) is 10.9. The average Bonchev–Trinajstić information content (AvgIpc) is 2.44. The van der Waals surface area contributed by atoms with Crippen molar-refractivity contribution in [3.8, 4) is 0 Å². The molecule has 19 heavy (non-hydrogen) atoms. The SMILES string of the molecule is CNC(c1cc(Cl)ccc1I)C(C)c1ccccn1. The molecule has 0 amide bonds. The van der Waals surface area contributed by atoms with E-state index in [1.54, 1.807) is 0 Å². The molecule has 1 aromatic heterocycles. The summed E-state index contributed by atoms with van der Waals surface area (Å²) in [5.74, 6) is 0.276. The quantitative estimate of drug-likeness (QED) is 0.788. The van der Waals surface area contributed by atoms with Crippen molar-refractivity contribution in [2.75, 3.05) is 7.05 Å². The van der Waals surface area contributed by atoms with Gasteiger partial charge in [-0.05, 0) is 65.5 Å². The van der Waals surface area contributed by atoms with Crippen LogP contribution in [0.3, 0.4) is 0 Å². The third-order valence-electron chi connectivity index (χ3n) is 3.26. The third-order valence-corrected chi connectivity index (χ3v) is 4.48. The number of likely N-dealkylation sites (N-methyl/N-ethyl adjacent to an activating group) is 1. The van der Waals surface area contributed by atoms with Crippen LogP contribution in [0, 0.1) is 3.57 Å². The molecule has 2 nitrogen and oxygen atoms in total. The minimum absolute atomic E-state index is 0.195. The van der Waals surface area contributed by atoms with Gasteiger partial charge in [-0.2, -0.15) is 0 Å². The second-order valence-electron chi connectivity index (χ2n) is 4.48. The van der Waals surface area contributed by atoms with Gasteiger partial charge >= 0.3 is 0 Å². The smallest absolute Gasteiger partial charge is 0.0450 e. The lowest BCUT2D eigenvalue weighted by atomic mass is 9.91. The van der Waals surface area contributed by atoms with E-state index in [9.17, 15) is 0 Å². The molecule has 100 valence electrons. The number of hydrogen-bond acceptors (Lipinski definition) is 2. The molecule has 1 aromatic carbocycles. The first kappa shape index (κ1) is 14.8. The van der Waals surface area contributed by atoms with Gasteiger partial charge in [-0.3, -0.25) is 4.98 Å². The predicted molar refractivity (Wildman–Crippen MR) is 88.6 cm³/mol. The molecule has 4 heteroatoms. The van der Waals surface area contributed by atoms with Gasteiger partial charge in [0.25, 0.3) is 0 Å². The molecule has 2 aromatic rings. The summed E-state index contributed by atoms with van der Waals surface area (Å²) >= 11 is 8.47. The van der Waals surface area contributed by atoms with Crippen molar-refractivity contribution in [2.24, 2.45) is 0 Å². The molecule has 0 aliphatic rings. The maximum Gasteiger partial charge on any atom is 0.0450 e. The summed E-state index contributed by atoms with van der Waals surface area (Å²) in [6.45, 7) is 2.18. The van der Waals surface area contributed by atoms with Crippen molar-refractivity contribution in [2.45, 2.75) is 18.9 Å². The van der Waals surface area contributed by atoms with Crippen LogP contribution in [0.25, 0.3) is 0 Å². The van der Waals surface area contributed by atoms with E-state index >= 15 is 0 Å². The van der Waals surface area contributed by atoms with Gasteiger partial charge in [-0.1, -0.05) is 24.6 Å². The summed E-state index contributed by atoms with van der Waals surface area (Å²) < 4.78 is 1.21. The van der Waals surface area contributed by atoms with Gasteiger partial charge in [0.05, 0.1) is 0 Å². The fraction of sp³-hybridized carbons (Fsp3) is 0.267. The van der Waals surface area contributed by atoms with Crippen LogP contribution in [0.15, 0.2) is 42.6 Å². The first-order chi connectivity index (χ1) is 9.13. The third kappa shape index (κ3) is 3.46. The molecular formula is C15H16ClIN2. The Bertz CT molecular complexity index is 545. The first-order valence-electron chi connectivity index (χ1n) is 6.16. The van der Waals surface area contributed by atoms with Crippen LogP contribution >= 0.6 is 34.2 Å². The van der Waals surface area contributed by atoms with E-state index in [4.69, 9.17) is 11.6 Å². The summed E-state index contributed by atoms with van der Waals surface area (Å²) in [4.78, 5) is 4.45. The Hall–Kier alpha value is -0.650. The number of halogens is 2. The van der Waals surface area contributed by atoms with E-state index < -0.39 is 0 Å². The Kier molecular flexibility index (Phi) is 5.19. The van der Waals surface area contributed by atoms with E-state index in [-0.39, 0.29) is 12.0 Å². The van der Waals surface area contributed by atoms with E-state index in [2.05, 4.69) is 45.9 Å². The molecule has 2 atom stereocenters. The molecule has 0 aliphatic heterocycles. The summed E-state index contributed by atoms with van der Waals surface area (Å²) in [6, 6.07) is 12.2. The largest absolute Gasteiger partial charge is 0.312 e. The highest BCUT2D eigenvalue weighted by Crippen LogP contribution is 2.33. The number of pyridine rings is 1. The van der Waals surface area contributed by atoms with Crippen LogP contribution in [0.1, 0.15) is 30.1 Å². The molecule has 0 saturated heterocycles. The average molecular weight is 387 g/mol. The zero-order valence-corrected chi connectivity index (χ0v) is 13.8. The Morgan fingerprint density at radius 2 is 2.05 bits per heavy atom. The first-order valence-corrected chi connectivity index (χ1v) is 7.62. The van der Waals surface area contributed by atoms with Crippen LogP contribution in [0.5, 0.6) is 0 Å². The maximum atomic E-state index is 6.12. The summed E-state index contributed by atoms with van der Waals surface area (Å²) in [7, 11) is 1.97. The minimum Gasteiger partial charge on any atom is -0.312 e.